The molecule has 0 bridgehead atoms. The van der Waals surface area contributed by atoms with Crippen LogP contribution in [-0.4, -0.2) is 28.5 Å². The highest BCUT2D eigenvalue weighted by Gasteiger charge is 2.29. The van der Waals surface area contributed by atoms with Gasteiger partial charge in [-0.3, -0.25) is 4.79 Å². The summed E-state index contributed by atoms with van der Waals surface area (Å²) in [6.07, 6.45) is 2.88. The first-order valence-corrected chi connectivity index (χ1v) is 7.69. The van der Waals surface area contributed by atoms with Gasteiger partial charge in [0.05, 0.1) is 0 Å². The molecule has 1 atom stereocenters. The van der Waals surface area contributed by atoms with Crippen LogP contribution < -0.4 is 10.6 Å². The third-order valence-corrected chi connectivity index (χ3v) is 3.88. The Bertz CT molecular complexity index is 512. The quantitative estimate of drug-likeness (QED) is 0.839. The van der Waals surface area contributed by atoms with E-state index in [0.717, 1.165) is 42.1 Å². The molecule has 0 aromatic carbocycles. The van der Waals surface area contributed by atoms with Gasteiger partial charge >= 0.3 is 0 Å². The first kappa shape index (κ1) is 15.2. The molecule has 1 fully saturated rings. The molecule has 1 amide bonds. The van der Waals surface area contributed by atoms with Crippen LogP contribution in [-0.2, 0) is 10.2 Å². The van der Waals surface area contributed by atoms with Crippen LogP contribution in [0.1, 0.15) is 45.9 Å². The summed E-state index contributed by atoms with van der Waals surface area (Å²) in [5, 5.41) is 0. The van der Waals surface area contributed by atoms with Gasteiger partial charge in [-0.15, -0.1) is 0 Å². The molecule has 0 aliphatic carbocycles. The summed E-state index contributed by atoms with van der Waals surface area (Å²) in [4.78, 5) is 22.7. The number of carbonyl (C=O) groups excluding carboxylic acids is 1. The number of hydrogen-bond donors (Lipinski definition) is 1. The lowest BCUT2D eigenvalue weighted by atomic mass is 9.95. The maximum Gasteiger partial charge on any atom is 0.240 e. The van der Waals surface area contributed by atoms with E-state index in [4.69, 9.17) is 5.73 Å². The van der Waals surface area contributed by atoms with Gasteiger partial charge in [-0.2, -0.15) is 0 Å². The summed E-state index contributed by atoms with van der Waals surface area (Å²) in [5.41, 5.74) is 5.38. The zero-order valence-electron chi connectivity index (χ0n) is 12.2. The van der Waals surface area contributed by atoms with Gasteiger partial charge in [0, 0.05) is 18.0 Å². The van der Waals surface area contributed by atoms with Crippen molar-refractivity contribution in [1.29, 1.82) is 0 Å². The van der Waals surface area contributed by atoms with Crippen LogP contribution >= 0.6 is 15.9 Å². The van der Waals surface area contributed by atoms with E-state index >= 15 is 0 Å². The van der Waals surface area contributed by atoms with Crippen molar-refractivity contribution < 1.29 is 4.79 Å². The molecule has 20 heavy (non-hydrogen) atoms. The Morgan fingerprint density at radius 2 is 2.10 bits per heavy atom. The molecule has 1 aromatic heterocycles. The number of aromatic nitrogens is 2. The van der Waals surface area contributed by atoms with Gasteiger partial charge in [0.15, 0.2) is 0 Å². The largest absolute Gasteiger partial charge is 0.368 e. The van der Waals surface area contributed by atoms with Crippen LogP contribution in [0.4, 0.5) is 5.82 Å². The lowest BCUT2D eigenvalue weighted by Crippen LogP contribution is -2.48. The summed E-state index contributed by atoms with van der Waals surface area (Å²) in [5.74, 6) is 1.26. The zero-order chi connectivity index (χ0) is 14.9. The van der Waals surface area contributed by atoms with E-state index in [1.807, 2.05) is 11.0 Å². The smallest absolute Gasteiger partial charge is 0.240 e. The molecule has 0 radical (unpaired) electrons. The fraction of sp³-hybridized carbons (Fsp3) is 0.643. The highest BCUT2D eigenvalue weighted by atomic mass is 79.9. The second-order valence-corrected chi connectivity index (χ2v) is 7.04. The molecular weight excluding hydrogens is 320 g/mol. The van der Waals surface area contributed by atoms with E-state index in [9.17, 15) is 4.79 Å². The number of rotatable bonds is 2. The number of amides is 1. The maximum absolute atomic E-state index is 11.6. The van der Waals surface area contributed by atoms with Crippen LogP contribution in [0.3, 0.4) is 0 Å². The molecule has 1 aliphatic rings. The molecule has 1 saturated heterocycles. The number of carbonyl (C=O) groups is 1. The number of halogens is 1. The van der Waals surface area contributed by atoms with Crippen molar-refractivity contribution in [3.05, 3.63) is 16.5 Å². The normalized spacial score (nSPS) is 20.0. The highest BCUT2D eigenvalue weighted by Crippen LogP contribution is 2.28. The van der Waals surface area contributed by atoms with Crippen molar-refractivity contribution in [3.8, 4) is 0 Å². The zero-order valence-corrected chi connectivity index (χ0v) is 13.8. The summed E-state index contributed by atoms with van der Waals surface area (Å²) >= 11 is 3.44. The molecule has 1 aliphatic heterocycles. The third-order valence-electron chi connectivity index (χ3n) is 3.48. The Labute approximate surface area is 128 Å². The Kier molecular flexibility index (Phi) is 4.32. The summed E-state index contributed by atoms with van der Waals surface area (Å²) in [6, 6.07) is 1.59. The molecule has 2 heterocycles. The predicted molar refractivity (Wildman–Crippen MR) is 82.6 cm³/mol. The monoisotopic (exact) mass is 340 g/mol. The highest BCUT2D eigenvalue weighted by molar-refractivity contribution is 9.10. The standard InChI is InChI=1S/C14H21BrN4O/c1-14(2,3)13-17-10(15)8-11(18-13)19-7-5-4-6-9(19)12(16)20/h8-9H,4-7H2,1-3H3,(H2,16,20). The number of primary amides is 1. The Morgan fingerprint density at radius 1 is 1.40 bits per heavy atom. The van der Waals surface area contributed by atoms with Crippen molar-refractivity contribution in [3.63, 3.8) is 0 Å². The van der Waals surface area contributed by atoms with Crippen molar-refractivity contribution in [2.24, 2.45) is 5.73 Å². The minimum atomic E-state index is -0.281. The topological polar surface area (TPSA) is 72.1 Å². The molecule has 2 N–H and O–H groups in total. The van der Waals surface area contributed by atoms with Gasteiger partial charge in [0.1, 0.15) is 22.3 Å². The Morgan fingerprint density at radius 3 is 2.70 bits per heavy atom. The third kappa shape index (κ3) is 3.29. The number of hydrogen-bond acceptors (Lipinski definition) is 4. The fourth-order valence-electron chi connectivity index (χ4n) is 2.39. The first-order chi connectivity index (χ1) is 9.29. The maximum atomic E-state index is 11.6. The van der Waals surface area contributed by atoms with Gasteiger partial charge in [0.2, 0.25) is 5.91 Å². The fourth-order valence-corrected chi connectivity index (χ4v) is 2.76. The molecule has 5 nitrogen and oxygen atoms in total. The molecule has 1 aromatic rings. The van der Waals surface area contributed by atoms with Crippen molar-refractivity contribution in [1.82, 2.24) is 9.97 Å². The van der Waals surface area contributed by atoms with Crippen LogP contribution in [0.5, 0.6) is 0 Å². The average molecular weight is 341 g/mol. The number of anilines is 1. The lowest BCUT2D eigenvalue weighted by Gasteiger charge is -2.35. The van der Waals surface area contributed by atoms with Gasteiger partial charge in [0.25, 0.3) is 0 Å². The summed E-state index contributed by atoms with van der Waals surface area (Å²) in [7, 11) is 0. The average Bonchev–Trinajstić information content (AvgIpc) is 2.37. The van der Waals surface area contributed by atoms with Gasteiger partial charge < -0.3 is 10.6 Å². The number of piperidine rings is 1. The Balaban J connectivity index is 2.40. The van der Waals surface area contributed by atoms with Crippen molar-refractivity contribution >= 4 is 27.7 Å². The van der Waals surface area contributed by atoms with E-state index in [1.165, 1.54) is 0 Å². The summed E-state index contributed by atoms with van der Waals surface area (Å²) in [6.45, 7) is 7.02. The molecular formula is C14H21BrN4O. The van der Waals surface area contributed by atoms with E-state index < -0.39 is 0 Å². The molecule has 110 valence electrons. The Hall–Kier alpha value is -1.17. The molecule has 2 rings (SSSR count). The molecule has 1 unspecified atom stereocenters. The number of nitrogens with zero attached hydrogens (tertiary/aromatic N) is 3. The lowest BCUT2D eigenvalue weighted by molar-refractivity contribution is -0.119. The minimum Gasteiger partial charge on any atom is -0.368 e. The van der Waals surface area contributed by atoms with Gasteiger partial charge in [-0.25, -0.2) is 9.97 Å². The number of nitrogens with two attached hydrogens (primary N) is 1. The summed E-state index contributed by atoms with van der Waals surface area (Å²) < 4.78 is 0.737. The second-order valence-electron chi connectivity index (χ2n) is 6.23. The van der Waals surface area contributed by atoms with E-state index in [-0.39, 0.29) is 17.4 Å². The molecule has 0 saturated carbocycles. The molecule has 0 spiro atoms. The molecule has 6 heteroatoms. The van der Waals surface area contributed by atoms with Crippen LogP contribution in [0, 0.1) is 0 Å². The van der Waals surface area contributed by atoms with E-state index in [0.29, 0.717) is 0 Å². The van der Waals surface area contributed by atoms with E-state index in [2.05, 4.69) is 46.7 Å². The van der Waals surface area contributed by atoms with E-state index in [1.54, 1.807) is 0 Å². The van der Waals surface area contributed by atoms with Crippen LogP contribution in [0.25, 0.3) is 0 Å². The van der Waals surface area contributed by atoms with Crippen LogP contribution in [0.2, 0.25) is 0 Å². The van der Waals surface area contributed by atoms with Gasteiger partial charge in [-0.05, 0) is 35.2 Å². The van der Waals surface area contributed by atoms with Gasteiger partial charge in [-0.1, -0.05) is 20.8 Å². The predicted octanol–water partition coefficient (Wildman–Crippen LogP) is 2.38. The first-order valence-electron chi connectivity index (χ1n) is 6.90. The van der Waals surface area contributed by atoms with Crippen molar-refractivity contribution in [2.75, 3.05) is 11.4 Å². The van der Waals surface area contributed by atoms with Crippen LogP contribution in [0.15, 0.2) is 10.7 Å². The van der Waals surface area contributed by atoms with Crippen molar-refractivity contribution in [2.45, 2.75) is 51.5 Å². The minimum absolute atomic E-state index is 0.142. The SMILES string of the molecule is CC(C)(C)c1nc(Br)cc(N2CCCCC2C(N)=O)n1. The second kappa shape index (κ2) is 5.68.